The highest BCUT2D eigenvalue weighted by Crippen LogP contribution is 2.26. The minimum atomic E-state index is -3.92. The van der Waals surface area contributed by atoms with Crippen molar-refractivity contribution in [2.24, 2.45) is 10.2 Å². The molecule has 0 bridgehead atoms. The predicted octanol–water partition coefficient (Wildman–Crippen LogP) is 2.67. The number of amides is 1. The molecule has 0 radical (unpaired) electrons. The Morgan fingerprint density at radius 1 is 1.00 bits per heavy atom. The van der Waals surface area contributed by atoms with Crippen LogP contribution in [0.1, 0.15) is 17.3 Å². The summed E-state index contributed by atoms with van der Waals surface area (Å²) in [5, 5.41) is 26.1. The number of benzene rings is 2. The minimum absolute atomic E-state index is 0.0769. The van der Waals surface area contributed by atoms with Crippen LogP contribution in [0.4, 0.5) is 11.4 Å². The summed E-state index contributed by atoms with van der Waals surface area (Å²) in [6, 6.07) is 9.07. The van der Waals surface area contributed by atoms with Crippen LogP contribution < -0.4 is 0 Å². The second kappa shape index (κ2) is 7.31. The van der Waals surface area contributed by atoms with Crippen LogP contribution in [0.5, 0.6) is 5.75 Å². The zero-order valence-electron chi connectivity index (χ0n) is 13.8. The predicted molar refractivity (Wildman–Crippen MR) is 91.3 cm³/mol. The number of aromatic hydroxyl groups is 1. The molecule has 0 aliphatic rings. The summed E-state index contributed by atoms with van der Waals surface area (Å²) in [5.41, 5.74) is 0.211. The molecule has 0 aromatic heterocycles. The molecular formula is C16H15N3O6S. The van der Waals surface area contributed by atoms with Crippen molar-refractivity contribution in [1.29, 1.82) is 0 Å². The summed E-state index contributed by atoms with van der Waals surface area (Å²) in [4.78, 5) is 22.1. The number of hydrogen-bond donors (Lipinski definition) is 2. The number of azo groups is 1. The molecule has 0 unspecified atom stereocenters. The van der Waals surface area contributed by atoms with E-state index < -0.39 is 21.9 Å². The van der Waals surface area contributed by atoms with Gasteiger partial charge in [-0.05, 0) is 42.5 Å². The number of carbonyl (C=O) groups excluding carboxylic acids is 1. The fraction of sp³-hybridized carbons (Fsp3) is 0.125. The summed E-state index contributed by atoms with van der Waals surface area (Å²) in [5.74, 6) is -2.31. The van der Waals surface area contributed by atoms with E-state index in [9.17, 15) is 23.1 Å². The SMILES string of the molecule is CC(=O)N(C)S(=O)(=O)c1ccc(N=Nc2ccc(O)c(C(=O)O)c2)cc1. The van der Waals surface area contributed by atoms with Crippen molar-refractivity contribution < 1.29 is 28.2 Å². The van der Waals surface area contributed by atoms with Gasteiger partial charge in [-0.2, -0.15) is 10.2 Å². The average Bonchev–Trinajstić information content (AvgIpc) is 2.60. The normalized spacial score (nSPS) is 11.5. The Morgan fingerprint density at radius 3 is 2.08 bits per heavy atom. The molecule has 1 amide bonds. The van der Waals surface area contributed by atoms with Gasteiger partial charge in [0.15, 0.2) is 0 Å². The van der Waals surface area contributed by atoms with Crippen molar-refractivity contribution in [2.75, 3.05) is 7.05 Å². The number of rotatable bonds is 5. The molecule has 9 nitrogen and oxygen atoms in total. The second-order valence-corrected chi connectivity index (χ2v) is 7.16. The molecule has 2 aromatic carbocycles. The van der Waals surface area contributed by atoms with Crippen LogP contribution in [0.2, 0.25) is 0 Å². The number of carbonyl (C=O) groups is 2. The van der Waals surface area contributed by atoms with E-state index >= 15 is 0 Å². The maximum Gasteiger partial charge on any atom is 0.339 e. The number of carboxylic acids is 1. The first-order chi connectivity index (χ1) is 12.1. The van der Waals surface area contributed by atoms with Gasteiger partial charge in [0.25, 0.3) is 10.0 Å². The Balaban J connectivity index is 2.25. The van der Waals surface area contributed by atoms with Crippen LogP contribution in [0.3, 0.4) is 0 Å². The van der Waals surface area contributed by atoms with Gasteiger partial charge in [-0.25, -0.2) is 17.5 Å². The lowest BCUT2D eigenvalue weighted by Gasteiger charge is -2.15. The first-order valence-corrected chi connectivity index (χ1v) is 8.64. The van der Waals surface area contributed by atoms with Crippen molar-refractivity contribution in [3.63, 3.8) is 0 Å². The van der Waals surface area contributed by atoms with Gasteiger partial charge in [0, 0.05) is 14.0 Å². The first kappa shape index (κ1) is 19.1. The van der Waals surface area contributed by atoms with E-state index in [4.69, 9.17) is 5.11 Å². The molecule has 0 spiro atoms. The summed E-state index contributed by atoms with van der Waals surface area (Å²) < 4.78 is 25.0. The second-order valence-electron chi connectivity index (χ2n) is 5.19. The fourth-order valence-electron chi connectivity index (χ4n) is 1.89. The fourth-order valence-corrected chi connectivity index (χ4v) is 3.02. The van der Waals surface area contributed by atoms with E-state index in [1.807, 2.05) is 0 Å². The zero-order chi connectivity index (χ0) is 19.5. The maximum atomic E-state index is 12.2. The molecule has 0 saturated carbocycles. The highest BCUT2D eigenvalue weighted by Gasteiger charge is 2.22. The molecule has 2 aromatic rings. The van der Waals surface area contributed by atoms with Gasteiger partial charge in [0.1, 0.15) is 11.3 Å². The van der Waals surface area contributed by atoms with Crippen molar-refractivity contribution in [3.8, 4) is 5.75 Å². The smallest absolute Gasteiger partial charge is 0.339 e. The van der Waals surface area contributed by atoms with Crippen molar-refractivity contribution >= 4 is 33.3 Å². The Bertz CT molecular complexity index is 984. The number of nitrogens with zero attached hydrogens (tertiary/aromatic N) is 3. The minimum Gasteiger partial charge on any atom is -0.507 e. The first-order valence-electron chi connectivity index (χ1n) is 7.20. The van der Waals surface area contributed by atoms with E-state index in [1.54, 1.807) is 0 Å². The van der Waals surface area contributed by atoms with Crippen molar-refractivity contribution in [3.05, 3.63) is 48.0 Å². The lowest BCUT2D eigenvalue weighted by Crippen LogP contribution is -2.31. The average molecular weight is 377 g/mol. The number of aromatic carboxylic acids is 1. The quantitative estimate of drug-likeness (QED) is 0.769. The molecule has 136 valence electrons. The van der Waals surface area contributed by atoms with E-state index in [0.29, 0.717) is 9.99 Å². The van der Waals surface area contributed by atoms with Crippen LogP contribution in [-0.2, 0) is 14.8 Å². The van der Waals surface area contributed by atoms with Gasteiger partial charge < -0.3 is 10.2 Å². The molecule has 26 heavy (non-hydrogen) atoms. The highest BCUT2D eigenvalue weighted by molar-refractivity contribution is 7.89. The Kier molecular flexibility index (Phi) is 5.36. The third-order valence-electron chi connectivity index (χ3n) is 3.43. The van der Waals surface area contributed by atoms with Gasteiger partial charge in [-0.1, -0.05) is 0 Å². The Labute approximate surface area is 149 Å². The number of hydrogen-bond acceptors (Lipinski definition) is 7. The third kappa shape index (κ3) is 4.03. The Hall–Kier alpha value is -3.27. The molecule has 0 aliphatic heterocycles. The van der Waals surface area contributed by atoms with Crippen LogP contribution in [0, 0.1) is 0 Å². The number of carboxylic acid groups (broad SMARTS) is 1. The highest BCUT2D eigenvalue weighted by atomic mass is 32.2. The molecule has 10 heteroatoms. The lowest BCUT2D eigenvalue weighted by molar-refractivity contribution is -0.123. The van der Waals surface area contributed by atoms with Gasteiger partial charge in [0.05, 0.1) is 16.3 Å². The van der Waals surface area contributed by atoms with Crippen LogP contribution >= 0.6 is 0 Å². The summed E-state index contributed by atoms with van der Waals surface area (Å²) >= 11 is 0. The molecule has 2 rings (SSSR count). The van der Waals surface area contributed by atoms with E-state index in [0.717, 1.165) is 20.0 Å². The molecule has 0 saturated heterocycles. The molecular weight excluding hydrogens is 362 g/mol. The molecule has 0 atom stereocenters. The lowest BCUT2D eigenvalue weighted by atomic mass is 10.2. The van der Waals surface area contributed by atoms with Gasteiger partial charge in [-0.3, -0.25) is 4.79 Å². The van der Waals surface area contributed by atoms with E-state index in [2.05, 4.69) is 10.2 Å². The summed E-state index contributed by atoms with van der Waals surface area (Å²) in [7, 11) is -2.76. The number of sulfonamides is 1. The van der Waals surface area contributed by atoms with E-state index in [1.165, 1.54) is 36.4 Å². The van der Waals surface area contributed by atoms with Gasteiger partial charge >= 0.3 is 5.97 Å². The largest absolute Gasteiger partial charge is 0.507 e. The van der Waals surface area contributed by atoms with Crippen molar-refractivity contribution in [1.82, 2.24) is 4.31 Å². The van der Waals surface area contributed by atoms with Crippen LogP contribution in [0.25, 0.3) is 0 Å². The monoisotopic (exact) mass is 377 g/mol. The summed E-state index contributed by atoms with van der Waals surface area (Å²) in [6.45, 7) is 1.14. The molecule has 0 fully saturated rings. The molecule has 2 N–H and O–H groups in total. The molecule has 0 aliphatic carbocycles. The Morgan fingerprint density at radius 2 is 1.54 bits per heavy atom. The molecule has 0 heterocycles. The third-order valence-corrected chi connectivity index (χ3v) is 5.28. The van der Waals surface area contributed by atoms with Gasteiger partial charge in [0.2, 0.25) is 5.91 Å². The van der Waals surface area contributed by atoms with Crippen LogP contribution in [-0.4, -0.2) is 41.9 Å². The number of phenols is 1. The standard InChI is InChI=1S/C16H15N3O6S/c1-10(20)19(2)26(24,25)13-6-3-11(4-7-13)17-18-12-5-8-15(21)14(9-12)16(22)23/h3-9,21H,1-2H3,(H,22,23). The zero-order valence-corrected chi connectivity index (χ0v) is 14.6. The summed E-state index contributed by atoms with van der Waals surface area (Å²) in [6.07, 6.45) is 0. The van der Waals surface area contributed by atoms with Crippen molar-refractivity contribution in [2.45, 2.75) is 11.8 Å². The van der Waals surface area contributed by atoms with Crippen LogP contribution in [0.15, 0.2) is 57.6 Å². The van der Waals surface area contributed by atoms with Gasteiger partial charge in [-0.15, -0.1) is 0 Å². The topological polar surface area (TPSA) is 137 Å². The maximum absolute atomic E-state index is 12.2. The van der Waals surface area contributed by atoms with E-state index in [-0.39, 0.29) is 21.9 Å².